The van der Waals surface area contributed by atoms with E-state index in [1.165, 1.54) is 7.11 Å². The first-order valence-electron chi connectivity index (χ1n) is 5.67. The zero-order chi connectivity index (χ0) is 14.8. The molecular weight excluding hydrogens is 295 g/mol. The summed E-state index contributed by atoms with van der Waals surface area (Å²) >= 11 is 5.94. The van der Waals surface area contributed by atoms with Crippen LogP contribution in [0.3, 0.4) is 0 Å². The van der Waals surface area contributed by atoms with Crippen molar-refractivity contribution in [1.82, 2.24) is 4.98 Å². The van der Waals surface area contributed by atoms with Gasteiger partial charge in [0.2, 0.25) is 0 Å². The van der Waals surface area contributed by atoms with Gasteiger partial charge in [-0.3, -0.25) is 0 Å². The van der Waals surface area contributed by atoms with Gasteiger partial charge in [-0.25, -0.2) is 4.98 Å². The molecule has 1 heterocycles. The predicted octanol–water partition coefficient (Wildman–Crippen LogP) is 3.98. The van der Waals surface area contributed by atoms with E-state index in [0.29, 0.717) is 16.8 Å². The number of methoxy groups -OCH3 is 1. The van der Waals surface area contributed by atoms with Crippen LogP contribution in [0.25, 0.3) is 10.9 Å². The normalized spacial score (nSPS) is 11.8. The van der Waals surface area contributed by atoms with Crippen molar-refractivity contribution in [2.75, 3.05) is 13.7 Å². The lowest BCUT2D eigenvalue weighted by atomic mass is 10.1. The van der Waals surface area contributed by atoms with Crippen LogP contribution in [0.2, 0.25) is 5.15 Å². The number of rotatable bonds is 4. The van der Waals surface area contributed by atoms with Crippen LogP contribution in [0.4, 0.5) is 13.2 Å². The summed E-state index contributed by atoms with van der Waals surface area (Å²) in [5.74, 6) is 0.627. The van der Waals surface area contributed by atoms with Crippen LogP contribution in [0.15, 0.2) is 24.3 Å². The van der Waals surface area contributed by atoms with Gasteiger partial charge in [0.1, 0.15) is 17.5 Å². The molecule has 0 atom stereocenters. The minimum absolute atomic E-state index is 0.118. The molecule has 20 heavy (non-hydrogen) atoms. The Morgan fingerprint density at radius 2 is 2.00 bits per heavy atom. The topological polar surface area (TPSA) is 31.4 Å². The first-order valence-corrected chi connectivity index (χ1v) is 6.04. The van der Waals surface area contributed by atoms with E-state index >= 15 is 0 Å². The Morgan fingerprint density at radius 3 is 2.65 bits per heavy atom. The molecule has 2 aromatic rings. The van der Waals surface area contributed by atoms with Crippen LogP contribution >= 0.6 is 11.6 Å². The zero-order valence-electron chi connectivity index (χ0n) is 10.5. The molecule has 2 rings (SSSR count). The van der Waals surface area contributed by atoms with E-state index in [4.69, 9.17) is 16.3 Å². The maximum Gasteiger partial charge on any atom is 0.411 e. The van der Waals surface area contributed by atoms with Gasteiger partial charge in [-0.15, -0.1) is 0 Å². The Hall–Kier alpha value is -1.53. The Labute approximate surface area is 118 Å². The molecule has 0 amide bonds. The number of aromatic nitrogens is 1. The molecule has 0 aliphatic carbocycles. The van der Waals surface area contributed by atoms with E-state index in [9.17, 15) is 13.2 Å². The molecule has 108 valence electrons. The third-order valence-corrected chi connectivity index (χ3v) is 2.90. The fourth-order valence-corrected chi connectivity index (χ4v) is 1.87. The Kier molecular flexibility index (Phi) is 4.35. The highest BCUT2D eigenvalue weighted by Gasteiger charge is 2.27. The van der Waals surface area contributed by atoms with E-state index in [2.05, 4.69) is 9.72 Å². The second-order valence-corrected chi connectivity index (χ2v) is 4.46. The summed E-state index contributed by atoms with van der Waals surface area (Å²) in [7, 11) is 1.53. The van der Waals surface area contributed by atoms with Crippen molar-refractivity contribution in [3.05, 3.63) is 35.0 Å². The van der Waals surface area contributed by atoms with Crippen LogP contribution in [-0.4, -0.2) is 24.9 Å². The molecule has 0 aliphatic heterocycles. The van der Waals surface area contributed by atoms with Crippen LogP contribution < -0.4 is 4.74 Å². The summed E-state index contributed by atoms with van der Waals surface area (Å²) in [5.41, 5.74) is 1.02. The molecular formula is C13H11ClF3NO2. The smallest absolute Gasteiger partial charge is 0.411 e. The van der Waals surface area contributed by atoms with Gasteiger partial charge in [0.25, 0.3) is 0 Å². The maximum atomic E-state index is 12.0. The van der Waals surface area contributed by atoms with Crippen molar-refractivity contribution in [2.45, 2.75) is 12.8 Å². The fraction of sp³-hybridized carbons (Fsp3) is 0.308. The second-order valence-electron chi connectivity index (χ2n) is 4.10. The van der Waals surface area contributed by atoms with Crippen LogP contribution in [0, 0.1) is 0 Å². The number of nitrogens with zero attached hydrogens (tertiary/aromatic N) is 1. The van der Waals surface area contributed by atoms with Gasteiger partial charge in [0.05, 0.1) is 19.2 Å². The number of alkyl halides is 3. The molecule has 0 aliphatic rings. The summed E-state index contributed by atoms with van der Waals surface area (Å²) in [5, 5.41) is 0.869. The number of ether oxygens (including phenoxy) is 2. The summed E-state index contributed by atoms with van der Waals surface area (Å²) in [6.07, 6.45) is -4.36. The van der Waals surface area contributed by atoms with Crippen molar-refractivity contribution in [2.24, 2.45) is 0 Å². The minimum atomic E-state index is -4.36. The first-order chi connectivity index (χ1) is 9.39. The summed E-state index contributed by atoms with van der Waals surface area (Å²) in [6, 6.07) is 6.84. The van der Waals surface area contributed by atoms with Gasteiger partial charge in [-0.05, 0) is 18.2 Å². The predicted molar refractivity (Wildman–Crippen MR) is 69.0 cm³/mol. The molecule has 0 fully saturated rings. The molecule has 1 aromatic carbocycles. The molecule has 0 saturated heterocycles. The van der Waals surface area contributed by atoms with Gasteiger partial charge in [-0.2, -0.15) is 13.2 Å². The van der Waals surface area contributed by atoms with Crippen molar-refractivity contribution < 1.29 is 22.6 Å². The number of hydrogen-bond donors (Lipinski definition) is 0. The van der Waals surface area contributed by atoms with E-state index in [-0.39, 0.29) is 11.8 Å². The highest BCUT2D eigenvalue weighted by atomic mass is 35.5. The Morgan fingerprint density at radius 1 is 1.25 bits per heavy atom. The number of benzene rings is 1. The lowest BCUT2D eigenvalue weighted by molar-refractivity contribution is -0.176. The largest absolute Gasteiger partial charge is 0.497 e. The lowest BCUT2D eigenvalue weighted by Crippen LogP contribution is -2.16. The van der Waals surface area contributed by atoms with Gasteiger partial charge in [-0.1, -0.05) is 11.6 Å². The zero-order valence-corrected chi connectivity index (χ0v) is 11.3. The van der Waals surface area contributed by atoms with Gasteiger partial charge in [0, 0.05) is 17.0 Å². The highest BCUT2D eigenvalue weighted by molar-refractivity contribution is 6.30. The number of halogens is 4. The van der Waals surface area contributed by atoms with E-state index < -0.39 is 12.8 Å². The Balaban J connectivity index is 2.20. The second kappa shape index (κ2) is 5.85. The van der Waals surface area contributed by atoms with Crippen molar-refractivity contribution >= 4 is 22.5 Å². The van der Waals surface area contributed by atoms with Crippen molar-refractivity contribution in [3.8, 4) is 5.75 Å². The molecule has 0 spiro atoms. The molecule has 0 radical (unpaired) electrons. The molecule has 0 bridgehead atoms. The average molecular weight is 306 g/mol. The summed E-state index contributed by atoms with van der Waals surface area (Å²) in [4.78, 5) is 4.12. The van der Waals surface area contributed by atoms with Crippen molar-refractivity contribution in [3.63, 3.8) is 0 Å². The van der Waals surface area contributed by atoms with Gasteiger partial charge < -0.3 is 9.47 Å². The van der Waals surface area contributed by atoms with Crippen LogP contribution in [0.1, 0.15) is 5.56 Å². The van der Waals surface area contributed by atoms with Gasteiger partial charge in [0.15, 0.2) is 0 Å². The van der Waals surface area contributed by atoms with E-state index in [0.717, 1.165) is 5.39 Å². The molecule has 7 heteroatoms. The van der Waals surface area contributed by atoms with Crippen LogP contribution in [-0.2, 0) is 11.3 Å². The maximum absolute atomic E-state index is 12.0. The molecule has 1 aromatic heterocycles. The van der Waals surface area contributed by atoms with E-state index in [1.54, 1.807) is 24.3 Å². The van der Waals surface area contributed by atoms with E-state index in [1.807, 2.05) is 0 Å². The number of pyridine rings is 1. The molecule has 3 nitrogen and oxygen atoms in total. The number of fused-ring (bicyclic) bond motifs is 1. The number of hydrogen-bond acceptors (Lipinski definition) is 3. The van der Waals surface area contributed by atoms with Crippen molar-refractivity contribution in [1.29, 1.82) is 0 Å². The quantitative estimate of drug-likeness (QED) is 0.801. The third kappa shape index (κ3) is 3.74. The third-order valence-electron chi connectivity index (χ3n) is 2.57. The van der Waals surface area contributed by atoms with Crippen LogP contribution in [0.5, 0.6) is 5.75 Å². The molecule has 0 N–H and O–H groups in total. The van der Waals surface area contributed by atoms with Gasteiger partial charge >= 0.3 is 6.18 Å². The average Bonchev–Trinajstić information content (AvgIpc) is 2.37. The Bertz CT molecular complexity index is 616. The summed E-state index contributed by atoms with van der Waals surface area (Å²) in [6.45, 7) is -1.56. The molecule has 0 saturated carbocycles. The SMILES string of the molecule is COc1ccc2cc(COCC(F)(F)F)c(Cl)nc2c1. The lowest BCUT2D eigenvalue weighted by Gasteiger charge is -2.10. The summed E-state index contributed by atoms with van der Waals surface area (Å²) < 4.78 is 45.7. The fourth-order valence-electron chi connectivity index (χ4n) is 1.67. The first kappa shape index (κ1) is 14.9. The standard InChI is InChI=1S/C13H11ClF3NO2/c1-19-10-3-2-8-4-9(6-20-7-13(15,16)17)12(14)18-11(8)5-10/h2-5H,6-7H2,1H3. The highest BCUT2D eigenvalue weighted by Crippen LogP contribution is 2.25. The monoisotopic (exact) mass is 305 g/mol. The molecule has 0 unspecified atom stereocenters. The minimum Gasteiger partial charge on any atom is -0.497 e.